The number of nitrogens with one attached hydrogen (secondary N) is 1. The van der Waals surface area contributed by atoms with Crippen LogP contribution in [0.1, 0.15) is 11.6 Å². The van der Waals surface area contributed by atoms with E-state index in [9.17, 15) is 13.2 Å². The van der Waals surface area contributed by atoms with Crippen LogP contribution in [-0.2, 0) is 0 Å². The molecule has 108 valence electrons. The first-order valence-electron chi connectivity index (χ1n) is 5.78. The molecule has 0 bridgehead atoms. The largest absolute Gasteiger partial charge is 0.314 e. The second-order valence-corrected chi connectivity index (χ2v) is 5.15. The molecule has 0 saturated carbocycles. The Morgan fingerprint density at radius 3 is 2.21 bits per heavy atom. The normalized spacial score (nSPS) is 17.9. The highest BCUT2D eigenvalue weighted by Crippen LogP contribution is 2.29. The maximum absolute atomic E-state index is 13.8. The summed E-state index contributed by atoms with van der Waals surface area (Å²) >= 11 is 3.02. The fraction of sp³-hybridized carbons (Fsp3) is 0.500. The molecule has 1 aromatic carbocycles. The Morgan fingerprint density at radius 1 is 1.21 bits per heavy atom. The van der Waals surface area contributed by atoms with Gasteiger partial charge in [0.15, 0.2) is 0 Å². The Bertz CT molecular complexity index is 404. The molecule has 1 saturated heterocycles. The zero-order valence-electron chi connectivity index (χ0n) is 10.1. The molecule has 0 aromatic heterocycles. The molecule has 0 amide bonds. The average molecular weight is 360 g/mol. The third-order valence-electron chi connectivity index (χ3n) is 3.12. The maximum atomic E-state index is 13.8. The van der Waals surface area contributed by atoms with E-state index in [0.717, 1.165) is 0 Å². The highest BCUT2D eigenvalue weighted by Gasteiger charge is 2.27. The summed E-state index contributed by atoms with van der Waals surface area (Å²) in [6.45, 7) is 1.79. The van der Waals surface area contributed by atoms with Crippen LogP contribution >= 0.6 is 28.3 Å². The van der Waals surface area contributed by atoms with Crippen LogP contribution in [0.25, 0.3) is 0 Å². The Balaban J connectivity index is 0.00000180. The van der Waals surface area contributed by atoms with E-state index in [1.807, 2.05) is 0 Å². The van der Waals surface area contributed by atoms with Gasteiger partial charge in [-0.25, -0.2) is 13.2 Å². The van der Waals surface area contributed by atoms with Gasteiger partial charge in [0, 0.05) is 36.2 Å². The minimum absolute atomic E-state index is 0. The molecule has 2 rings (SSSR count). The fourth-order valence-electron chi connectivity index (χ4n) is 2.22. The maximum Gasteiger partial charge on any atom is 0.132 e. The predicted octanol–water partition coefficient (Wildman–Crippen LogP) is 3.06. The quantitative estimate of drug-likeness (QED) is 0.892. The highest BCUT2D eigenvalue weighted by atomic mass is 79.9. The number of piperazine rings is 1. The van der Waals surface area contributed by atoms with E-state index in [2.05, 4.69) is 21.2 Å². The second-order valence-electron chi connectivity index (χ2n) is 4.24. The van der Waals surface area contributed by atoms with E-state index < -0.39 is 24.4 Å². The molecule has 1 aromatic rings. The van der Waals surface area contributed by atoms with Crippen molar-refractivity contribution in [2.75, 3.05) is 32.9 Å². The van der Waals surface area contributed by atoms with Gasteiger partial charge in [0.05, 0.1) is 6.04 Å². The van der Waals surface area contributed by atoms with E-state index in [-0.39, 0.29) is 18.0 Å². The van der Waals surface area contributed by atoms with Crippen LogP contribution in [0.5, 0.6) is 0 Å². The molecule has 1 aliphatic rings. The Labute approximate surface area is 124 Å². The lowest BCUT2D eigenvalue weighted by Crippen LogP contribution is -2.46. The zero-order valence-corrected chi connectivity index (χ0v) is 12.5. The first-order chi connectivity index (χ1) is 8.63. The van der Waals surface area contributed by atoms with E-state index in [1.54, 1.807) is 4.90 Å². The van der Waals surface area contributed by atoms with Crippen molar-refractivity contribution in [1.82, 2.24) is 10.2 Å². The number of hydrogen-bond donors (Lipinski definition) is 1. The lowest BCUT2D eigenvalue weighted by Gasteiger charge is -2.33. The molecular formula is C12H15BrClF3N2. The van der Waals surface area contributed by atoms with Crippen LogP contribution in [0.3, 0.4) is 0 Å². The summed E-state index contributed by atoms with van der Waals surface area (Å²) in [5, 5.41) is 3.12. The molecule has 0 spiro atoms. The average Bonchev–Trinajstić information content (AvgIpc) is 2.34. The molecule has 7 heteroatoms. The molecule has 1 atom stereocenters. The van der Waals surface area contributed by atoms with Crippen LogP contribution in [-0.4, -0.2) is 37.8 Å². The van der Waals surface area contributed by atoms with E-state index in [4.69, 9.17) is 0 Å². The number of halogens is 5. The lowest BCUT2D eigenvalue weighted by molar-refractivity contribution is 0.141. The molecule has 1 fully saturated rings. The molecule has 0 radical (unpaired) electrons. The van der Waals surface area contributed by atoms with Crippen LogP contribution in [0.4, 0.5) is 13.2 Å². The summed E-state index contributed by atoms with van der Waals surface area (Å²) < 4.78 is 41.1. The summed E-state index contributed by atoms with van der Waals surface area (Å²) in [4.78, 5) is 1.77. The van der Waals surface area contributed by atoms with Gasteiger partial charge < -0.3 is 5.32 Å². The standard InChI is InChI=1S/C12H14BrF3N2.ClH/c13-8-5-9(15)12(10(16)6-8)11(7-14)18-3-1-17-2-4-18;/h5-6,11,17H,1-4,7H2;1H/t11-;/m0./s1. The summed E-state index contributed by atoms with van der Waals surface area (Å²) in [7, 11) is 0. The molecular weight excluding hydrogens is 344 g/mol. The molecule has 1 aliphatic heterocycles. The van der Waals surface area contributed by atoms with Crippen LogP contribution in [0.15, 0.2) is 16.6 Å². The van der Waals surface area contributed by atoms with Gasteiger partial charge in [0.1, 0.15) is 18.3 Å². The minimum atomic E-state index is -0.847. The zero-order chi connectivity index (χ0) is 13.1. The number of rotatable bonds is 3. The van der Waals surface area contributed by atoms with E-state index >= 15 is 0 Å². The molecule has 19 heavy (non-hydrogen) atoms. The summed E-state index contributed by atoms with van der Waals surface area (Å²) in [6.07, 6.45) is 0. The molecule has 2 nitrogen and oxygen atoms in total. The summed E-state index contributed by atoms with van der Waals surface area (Å²) in [6, 6.07) is 1.49. The van der Waals surface area contributed by atoms with Crippen LogP contribution in [0, 0.1) is 11.6 Å². The van der Waals surface area contributed by atoms with Crippen molar-refractivity contribution < 1.29 is 13.2 Å². The Kier molecular flexibility index (Phi) is 6.59. The van der Waals surface area contributed by atoms with Gasteiger partial charge in [-0.3, -0.25) is 4.90 Å². The predicted molar refractivity (Wildman–Crippen MR) is 74.5 cm³/mol. The highest BCUT2D eigenvalue weighted by molar-refractivity contribution is 9.10. The van der Waals surface area contributed by atoms with Crippen molar-refractivity contribution in [3.05, 3.63) is 33.8 Å². The first kappa shape index (κ1) is 16.8. The summed E-state index contributed by atoms with van der Waals surface area (Å²) in [5.41, 5.74) is -0.178. The smallest absolute Gasteiger partial charge is 0.132 e. The van der Waals surface area contributed by atoms with Crippen molar-refractivity contribution in [3.8, 4) is 0 Å². The molecule has 1 N–H and O–H groups in total. The Hall–Kier alpha value is -0.300. The third-order valence-corrected chi connectivity index (χ3v) is 3.57. The van der Waals surface area contributed by atoms with Gasteiger partial charge >= 0.3 is 0 Å². The number of benzene rings is 1. The van der Waals surface area contributed by atoms with Crippen LogP contribution < -0.4 is 5.32 Å². The molecule has 0 unspecified atom stereocenters. The van der Waals surface area contributed by atoms with Gasteiger partial charge in [-0.1, -0.05) is 15.9 Å². The van der Waals surface area contributed by atoms with Gasteiger partial charge in [-0.2, -0.15) is 0 Å². The van der Waals surface area contributed by atoms with E-state index in [0.29, 0.717) is 30.7 Å². The second kappa shape index (κ2) is 7.47. The monoisotopic (exact) mass is 358 g/mol. The van der Waals surface area contributed by atoms with Crippen molar-refractivity contribution >= 4 is 28.3 Å². The van der Waals surface area contributed by atoms with Crippen molar-refractivity contribution in [1.29, 1.82) is 0 Å². The van der Waals surface area contributed by atoms with E-state index in [1.165, 1.54) is 12.1 Å². The summed E-state index contributed by atoms with van der Waals surface area (Å²) in [5.74, 6) is -1.41. The number of alkyl halides is 1. The fourth-order valence-corrected chi connectivity index (χ4v) is 2.62. The van der Waals surface area contributed by atoms with Gasteiger partial charge in [-0.15, -0.1) is 12.4 Å². The minimum Gasteiger partial charge on any atom is -0.314 e. The number of hydrogen-bond acceptors (Lipinski definition) is 2. The molecule has 1 heterocycles. The topological polar surface area (TPSA) is 15.3 Å². The van der Waals surface area contributed by atoms with Crippen molar-refractivity contribution in [3.63, 3.8) is 0 Å². The molecule has 0 aliphatic carbocycles. The van der Waals surface area contributed by atoms with Gasteiger partial charge in [-0.05, 0) is 12.1 Å². The van der Waals surface area contributed by atoms with Crippen LogP contribution in [0.2, 0.25) is 0 Å². The first-order valence-corrected chi connectivity index (χ1v) is 6.58. The Morgan fingerprint density at radius 2 is 1.74 bits per heavy atom. The number of nitrogens with zero attached hydrogens (tertiary/aromatic N) is 1. The van der Waals surface area contributed by atoms with Gasteiger partial charge in [0.2, 0.25) is 0 Å². The third kappa shape index (κ3) is 3.84. The van der Waals surface area contributed by atoms with Crippen molar-refractivity contribution in [2.24, 2.45) is 0 Å². The SMILES string of the molecule is Cl.FC[C@@H](c1c(F)cc(Br)cc1F)N1CCNCC1. The van der Waals surface area contributed by atoms with Crippen molar-refractivity contribution in [2.45, 2.75) is 6.04 Å². The lowest BCUT2D eigenvalue weighted by atomic mass is 10.0. The van der Waals surface area contributed by atoms with Gasteiger partial charge in [0.25, 0.3) is 0 Å².